The molecule has 2 heterocycles. The second-order valence-electron chi connectivity index (χ2n) is 5.91. The number of hydrogen-bond acceptors (Lipinski definition) is 3. The van der Waals surface area contributed by atoms with Crippen molar-refractivity contribution >= 4 is 17.8 Å². The zero-order valence-electron chi connectivity index (χ0n) is 12.0. The summed E-state index contributed by atoms with van der Waals surface area (Å²) >= 11 is 0. The van der Waals surface area contributed by atoms with Crippen LogP contribution in [0.25, 0.3) is 0 Å². The van der Waals surface area contributed by atoms with E-state index in [1.165, 1.54) is 4.90 Å². The third-order valence-electron chi connectivity index (χ3n) is 4.56. The summed E-state index contributed by atoms with van der Waals surface area (Å²) in [6, 6.07) is 0.670. The summed E-state index contributed by atoms with van der Waals surface area (Å²) in [6.45, 7) is 0. The maximum atomic E-state index is 12.5. The molecule has 1 aromatic rings. The van der Waals surface area contributed by atoms with Gasteiger partial charge in [0, 0.05) is 25.4 Å². The predicted molar refractivity (Wildman–Crippen MR) is 75.9 cm³/mol. The van der Waals surface area contributed by atoms with Crippen molar-refractivity contribution in [3.05, 3.63) is 12.3 Å². The second kappa shape index (κ2) is 5.38. The number of fused-ring (bicyclic) bond motifs is 1. The van der Waals surface area contributed by atoms with Crippen molar-refractivity contribution in [2.24, 2.45) is 13.0 Å². The van der Waals surface area contributed by atoms with Crippen LogP contribution in [-0.4, -0.2) is 43.9 Å². The summed E-state index contributed by atoms with van der Waals surface area (Å²) in [5.74, 6) is -0.152. The highest BCUT2D eigenvalue weighted by Gasteiger charge is 2.47. The molecule has 3 unspecified atom stereocenters. The maximum absolute atomic E-state index is 12.5. The van der Waals surface area contributed by atoms with Crippen molar-refractivity contribution in [1.82, 2.24) is 14.7 Å². The van der Waals surface area contributed by atoms with E-state index in [1.54, 1.807) is 24.0 Å². The van der Waals surface area contributed by atoms with Crippen molar-refractivity contribution in [2.75, 3.05) is 5.32 Å². The molecular formula is C14H20N4O3. The predicted octanol–water partition coefficient (Wildman–Crippen LogP) is 1.67. The summed E-state index contributed by atoms with van der Waals surface area (Å²) in [7, 11) is 1.77. The van der Waals surface area contributed by atoms with Crippen LogP contribution >= 0.6 is 0 Å². The molecule has 0 spiro atoms. The van der Waals surface area contributed by atoms with Gasteiger partial charge in [0.2, 0.25) is 0 Å². The zero-order valence-corrected chi connectivity index (χ0v) is 12.0. The normalized spacial score (nSPS) is 28.2. The van der Waals surface area contributed by atoms with E-state index in [-0.39, 0.29) is 12.1 Å². The topological polar surface area (TPSA) is 87.5 Å². The smallest absolute Gasteiger partial charge is 0.326 e. The Labute approximate surface area is 122 Å². The Kier molecular flexibility index (Phi) is 3.57. The Hall–Kier alpha value is -2.05. The summed E-state index contributed by atoms with van der Waals surface area (Å²) in [6.07, 6.45) is 6.39. The van der Waals surface area contributed by atoms with Gasteiger partial charge in [-0.15, -0.1) is 0 Å². The van der Waals surface area contributed by atoms with E-state index < -0.39 is 12.0 Å². The Balaban J connectivity index is 1.79. The molecule has 0 radical (unpaired) electrons. The number of aromatic nitrogens is 2. The lowest BCUT2D eigenvalue weighted by Gasteiger charge is -2.32. The maximum Gasteiger partial charge on any atom is 0.326 e. The van der Waals surface area contributed by atoms with Gasteiger partial charge >= 0.3 is 12.0 Å². The van der Waals surface area contributed by atoms with E-state index in [0.29, 0.717) is 18.2 Å². The first-order valence-corrected chi connectivity index (χ1v) is 7.38. The molecule has 114 valence electrons. The van der Waals surface area contributed by atoms with E-state index in [0.717, 1.165) is 25.7 Å². The molecule has 2 aliphatic rings. The van der Waals surface area contributed by atoms with Gasteiger partial charge < -0.3 is 10.0 Å². The van der Waals surface area contributed by atoms with E-state index in [1.807, 2.05) is 0 Å². The number of carbonyl (C=O) groups is 2. The van der Waals surface area contributed by atoms with Crippen LogP contribution in [0.5, 0.6) is 0 Å². The van der Waals surface area contributed by atoms with Crippen LogP contribution < -0.4 is 5.32 Å². The van der Waals surface area contributed by atoms with Crippen molar-refractivity contribution < 1.29 is 14.7 Å². The Bertz CT molecular complexity index is 556. The second-order valence-corrected chi connectivity index (χ2v) is 5.91. The largest absolute Gasteiger partial charge is 0.480 e. The number of likely N-dealkylation sites (tertiary alicyclic amines) is 1. The summed E-state index contributed by atoms with van der Waals surface area (Å²) < 4.78 is 1.59. The average Bonchev–Trinajstić information content (AvgIpc) is 3.02. The lowest BCUT2D eigenvalue weighted by atomic mass is 9.85. The van der Waals surface area contributed by atoms with Crippen LogP contribution in [0, 0.1) is 5.92 Å². The fourth-order valence-corrected chi connectivity index (χ4v) is 3.63. The molecule has 1 aliphatic carbocycles. The number of rotatable bonds is 2. The molecule has 0 aromatic carbocycles. The van der Waals surface area contributed by atoms with Gasteiger partial charge in [-0.05, 0) is 25.2 Å². The van der Waals surface area contributed by atoms with Crippen molar-refractivity contribution in [3.63, 3.8) is 0 Å². The van der Waals surface area contributed by atoms with E-state index in [2.05, 4.69) is 10.4 Å². The third-order valence-corrected chi connectivity index (χ3v) is 4.56. The van der Waals surface area contributed by atoms with E-state index >= 15 is 0 Å². The number of aliphatic carboxylic acids is 1. The zero-order chi connectivity index (χ0) is 15.0. The van der Waals surface area contributed by atoms with Crippen molar-refractivity contribution in [3.8, 4) is 0 Å². The van der Waals surface area contributed by atoms with Gasteiger partial charge in [0.1, 0.15) is 6.04 Å². The molecule has 21 heavy (non-hydrogen) atoms. The number of carboxylic acid groups (broad SMARTS) is 1. The van der Waals surface area contributed by atoms with Gasteiger partial charge in [0.15, 0.2) is 5.82 Å². The quantitative estimate of drug-likeness (QED) is 0.868. The number of anilines is 1. The molecule has 1 saturated heterocycles. The molecule has 0 bridgehead atoms. The number of hydrogen-bond donors (Lipinski definition) is 2. The molecule has 7 nitrogen and oxygen atoms in total. The molecular weight excluding hydrogens is 272 g/mol. The SMILES string of the molecule is Cn1ccc(NC(=O)N2C(C(=O)O)CC3CCCCC32)n1. The summed E-state index contributed by atoms with van der Waals surface area (Å²) in [4.78, 5) is 25.5. The van der Waals surface area contributed by atoms with Gasteiger partial charge in [0.05, 0.1) is 0 Å². The van der Waals surface area contributed by atoms with Crippen molar-refractivity contribution in [1.29, 1.82) is 0 Å². The molecule has 1 aromatic heterocycles. The van der Waals surface area contributed by atoms with Crippen LogP contribution in [0.4, 0.5) is 10.6 Å². The first kappa shape index (κ1) is 13.9. The van der Waals surface area contributed by atoms with E-state index in [9.17, 15) is 14.7 Å². The number of urea groups is 1. The molecule has 2 N–H and O–H groups in total. The molecule has 3 atom stereocenters. The minimum atomic E-state index is -0.916. The molecule has 3 rings (SSSR count). The first-order valence-electron chi connectivity index (χ1n) is 7.38. The monoisotopic (exact) mass is 292 g/mol. The lowest BCUT2D eigenvalue weighted by molar-refractivity contribution is -0.141. The molecule has 2 fully saturated rings. The number of amides is 2. The molecule has 1 aliphatic heterocycles. The highest BCUT2D eigenvalue weighted by Crippen LogP contribution is 2.40. The van der Waals surface area contributed by atoms with Gasteiger partial charge in [-0.3, -0.25) is 10.00 Å². The first-order chi connectivity index (χ1) is 10.1. The number of carboxylic acids is 1. The fourth-order valence-electron chi connectivity index (χ4n) is 3.63. The molecule has 7 heteroatoms. The van der Waals surface area contributed by atoms with Gasteiger partial charge in [-0.2, -0.15) is 5.10 Å². The van der Waals surface area contributed by atoms with Crippen LogP contribution in [0.2, 0.25) is 0 Å². The third kappa shape index (κ3) is 2.59. The lowest BCUT2D eigenvalue weighted by Crippen LogP contribution is -2.48. The summed E-state index contributed by atoms with van der Waals surface area (Å²) in [5.41, 5.74) is 0. The average molecular weight is 292 g/mol. The van der Waals surface area contributed by atoms with Gasteiger partial charge in [0.25, 0.3) is 0 Å². The minimum Gasteiger partial charge on any atom is -0.480 e. The van der Waals surface area contributed by atoms with Crippen molar-refractivity contribution in [2.45, 2.75) is 44.2 Å². The van der Waals surface area contributed by atoms with Crippen LogP contribution in [-0.2, 0) is 11.8 Å². The van der Waals surface area contributed by atoms with Gasteiger partial charge in [-0.1, -0.05) is 12.8 Å². The fraction of sp³-hybridized carbons (Fsp3) is 0.643. The van der Waals surface area contributed by atoms with E-state index in [4.69, 9.17) is 0 Å². The Morgan fingerprint density at radius 1 is 1.38 bits per heavy atom. The van der Waals surface area contributed by atoms with Crippen LogP contribution in [0.3, 0.4) is 0 Å². The summed E-state index contributed by atoms with van der Waals surface area (Å²) in [5, 5.41) is 16.2. The Morgan fingerprint density at radius 3 is 2.81 bits per heavy atom. The number of carbonyl (C=O) groups excluding carboxylic acids is 1. The standard InChI is InChI=1S/C14H20N4O3/c1-17-7-6-12(16-17)15-14(21)18-10-5-3-2-4-9(10)8-11(18)13(19)20/h6-7,9-11H,2-5,8H2,1H3,(H,19,20)(H,15,16,21). The highest BCUT2D eigenvalue weighted by atomic mass is 16.4. The van der Waals surface area contributed by atoms with Crippen LogP contribution in [0.1, 0.15) is 32.1 Å². The Morgan fingerprint density at radius 2 is 2.14 bits per heavy atom. The number of nitrogens with one attached hydrogen (secondary N) is 1. The molecule has 1 saturated carbocycles. The van der Waals surface area contributed by atoms with Gasteiger partial charge in [-0.25, -0.2) is 9.59 Å². The molecule has 2 amide bonds. The number of aryl methyl sites for hydroxylation is 1. The highest BCUT2D eigenvalue weighted by molar-refractivity contribution is 5.92. The number of nitrogens with zero attached hydrogens (tertiary/aromatic N) is 3. The van der Waals surface area contributed by atoms with Crippen LogP contribution in [0.15, 0.2) is 12.3 Å². The minimum absolute atomic E-state index is 0.0450.